The summed E-state index contributed by atoms with van der Waals surface area (Å²) >= 11 is 4.64. The SMILES string of the molecule is CCc1nnsc1C(=O)NCCc1cc(OC)c(OC)cc1Br. The number of amides is 1. The zero-order valence-corrected chi connectivity index (χ0v) is 15.6. The number of aromatic nitrogens is 2. The number of hydrogen-bond acceptors (Lipinski definition) is 6. The Labute approximate surface area is 147 Å². The molecule has 124 valence electrons. The Kier molecular flexibility index (Phi) is 6.35. The van der Waals surface area contributed by atoms with Crippen LogP contribution in [0.4, 0.5) is 0 Å². The summed E-state index contributed by atoms with van der Waals surface area (Å²) < 4.78 is 15.3. The first-order chi connectivity index (χ1) is 11.1. The van der Waals surface area contributed by atoms with Crippen LogP contribution in [0.3, 0.4) is 0 Å². The maximum Gasteiger partial charge on any atom is 0.264 e. The van der Waals surface area contributed by atoms with E-state index in [2.05, 4.69) is 30.8 Å². The van der Waals surface area contributed by atoms with Crippen molar-refractivity contribution in [3.05, 3.63) is 32.7 Å². The first-order valence-corrected chi connectivity index (χ1v) is 8.67. The third-order valence-electron chi connectivity index (χ3n) is 3.33. The molecule has 0 bridgehead atoms. The minimum atomic E-state index is -0.131. The van der Waals surface area contributed by atoms with Crippen LogP contribution in [0.15, 0.2) is 16.6 Å². The Morgan fingerprint density at radius 1 is 1.30 bits per heavy atom. The van der Waals surface area contributed by atoms with Crippen molar-refractivity contribution in [2.75, 3.05) is 20.8 Å². The molecule has 0 atom stereocenters. The van der Waals surface area contributed by atoms with Gasteiger partial charge < -0.3 is 14.8 Å². The fourth-order valence-electron chi connectivity index (χ4n) is 2.09. The van der Waals surface area contributed by atoms with Crippen LogP contribution in [-0.2, 0) is 12.8 Å². The van der Waals surface area contributed by atoms with Crippen molar-refractivity contribution in [1.82, 2.24) is 14.9 Å². The van der Waals surface area contributed by atoms with Crippen molar-refractivity contribution in [3.63, 3.8) is 0 Å². The topological polar surface area (TPSA) is 73.3 Å². The van der Waals surface area contributed by atoms with Crippen molar-refractivity contribution < 1.29 is 14.3 Å². The number of halogens is 1. The van der Waals surface area contributed by atoms with Gasteiger partial charge in [-0.1, -0.05) is 27.3 Å². The van der Waals surface area contributed by atoms with Gasteiger partial charge in [0.15, 0.2) is 11.5 Å². The number of carbonyl (C=O) groups is 1. The molecule has 0 spiro atoms. The van der Waals surface area contributed by atoms with Gasteiger partial charge in [-0.25, -0.2) is 0 Å². The fraction of sp³-hybridized carbons (Fsp3) is 0.400. The van der Waals surface area contributed by atoms with Crippen molar-refractivity contribution in [2.24, 2.45) is 0 Å². The second kappa shape index (κ2) is 8.26. The lowest BCUT2D eigenvalue weighted by Crippen LogP contribution is -2.25. The minimum absolute atomic E-state index is 0.131. The number of benzene rings is 1. The van der Waals surface area contributed by atoms with Gasteiger partial charge in [0, 0.05) is 11.0 Å². The summed E-state index contributed by atoms with van der Waals surface area (Å²) in [5, 5.41) is 6.85. The summed E-state index contributed by atoms with van der Waals surface area (Å²) in [5.41, 5.74) is 1.76. The quantitative estimate of drug-likeness (QED) is 0.774. The van der Waals surface area contributed by atoms with E-state index >= 15 is 0 Å². The molecule has 0 saturated heterocycles. The monoisotopic (exact) mass is 399 g/mol. The lowest BCUT2D eigenvalue weighted by atomic mass is 10.1. The van der Waals surface area contributed by atoms with Crippen molar-refractivity contribution in [2.45, 2.75) is 19.8 Å². The van der Waals surface area contributed by atoms with Crippen molar-refractivity contribution in [1.29, 1.82) is 0 Å². The number of methoxy groups -OCH3 is 2. The standard InChI is InChI=1S/C15H18BrN3O3S/c1-4-11-14(23-19-18-11)15(20)17-6-5-9-7-12(21-2)13(22-3)8-10(9)16/h7-8H,4-6H2,1-3H3,(H,17,20). The zero-order valence-electron chi connectivity index (χ0n) is 13.2. The Balaban J connectivity index is 2.00. The largest absolute Gasteiger partial charge is 0.493 e. The highest BCUT2D eigenvalue weighted by molar-refractivity contribution is 9.10. The number of hydrogen-bond donors (Lipinski definition) is 1. The minimum Gasteiger partial charge on any atom is -0.493 e. The second-order valence-corrected chi connectivity index (χ2v) is 6.32. The zero-order chi connectivity index (χ0) is 16.8. The first kappa shape index (κ1) is 17.7. The Morgan fingerprint density at radius 2 is 2.00 bits per heavy atom. The van der Waals surface area contributed by atoms with E-state index in [9.17, 15) is 4.79 Å². The number of aryl methyl sites for hydroxylation is 1. The predicted octanol–water partition coefficient (Wildman–Crippen LogP) is 2.85. The van der Waals surface area contributed by atoms with Gasteiger partial charge in [-0.3, -0.25) is 4.79 Å². The summed E-state index contributed by atoms with van der Waals surface area (Å²) in [5.74, 6) is 1.20. The molecule has 23 heavy (non-hydrogen) atoms. The summed E-state index contributed by atoms with van der Waals surface area (Å²) in [6.45, 7) is 2.46. The Hall–Kier alpha value is -1.67. The molecule has 1 aromatic carbocycles. The number of rotatable bonds is 7. The van der Waals surface area contributed by atoms with E-state index < -0.39 is 0 Å². The van der Waals surface area contributed by atoms with Gasteiger partial charge in [-0.05, 0) is 42.1 Å². The van der Waals surface area contributed by atoms with Crippen LogP contribution in [0, 0.1) is 0 Å². The van der Waals surface area contributed by atoms with Gasteiger partial charge >= 0.3 is 0 Å². The molecule has 0 saturated carbocycles. The molecular weight excluding hydrogens is 382 g/mol. The van der Waals surface area contributed by atoms with Crippen molar-refractivity contribution >= 4 is 33.4 Å². The molecule has 1 aromatic heterocycles. The van der Waals surface area contributed by atoms with Crippen LogP contribution in [-0.4, -0.2) is 36.3 Å². The van der Waals surface area contributed by atoms with Gasteiger partial charge in [-0.2, -0.15) is 0 Å². The van der Waals surface area contributed by atoms with Gasteiger partial charge in [0.2, 0.25) is 0 Å². The summed E-state index contributed by atoms with van der Waals surface area (Å²) in [6.07, 6.45) is 1.36. The van der Waals surface area contributed by atoms with Gasteiger partial charge in [0.05, 0.1) is 19.9 Å². The summed E-state index contributed by atoms with van der Waals surface area (Å²) in [7, 11) is 3.19. The molecule has 2 rings (SSSR count). The van der Waals surface area contributed by atoms with Gasteiger partial charge in [0.1, 0.15) is 4.88 Å². The molecule has 0 aliphatic rings. The highest BCUT2D eigenvalue weighted by Crippen LogP contribution is 2.33. The molecular formula is C15H18BrN3O3S. The van der Waals surface area contributed by atoms with Crippen LogP contribution >= 0.6 is 27.5 Å². The number of nitrogens with zero attached hydrogens (tertiary/aromatic N) is 2. The van der Waals surface area contributed by atoms with Crippen LogP contribution in [0.2, 0.25) is 0 Å². The molecule has 1 N–H and O–H groups in total. The molecule has 0 aliphatic heterocycles. The molecule has 6 nitrogen and oxygen atoms in total. The molecule has 0 aliphatic carbocycles. The van der Waals surface area contributed by atoms with Crippen LogP contribution in [0.25, 0.3) is 0 Å². The first-order valence-electron chi connectivity index (χ1n) is 7.10. The van der Waals surface area contributed by atoms with E-state index in [4.69, 9.17) is 9.47 Å². The van der Waals surface area contributed by atoms with Crippen LogP contribution in [0.5, 0.6) is 11.5 Å². The van der Waals surface area contributed by atoms with Crippen LogP contribution in [0.1, 0.15) is 27.9 Å². The lowest BCUT2D eigenvalue weighted by Gasteiger charge is -2.12. The normalized spacial score (nSPS) is 10.4. The van der Waals surface area contributed by atoms with Crippen molar-refractivity contribution in [3.8, 4) is 11.5 Å². The molecule has 8 heteroatoms. The molecule has 0 fully saturated rings. The summed E-state index contributed by atoms with van der Waals surface area (Å²) in [4.78, 5) is 12.7. The average molecular weight is 400 g/mol. The average Bonchev–Trinajstić information content (AvgIpc) is 3.04. The Morgan fingerprint density at radius 3 is 2.65 bits per heavy atom. The number of nitrogens with one attached hydrogen (secondary N) is 1. The third kappa shape index (κ3) is 4.20. The third-order valence-corrected chi connectivity index (χ3v) is 4.83. The predicted molar refractivity (Wildman–Crippen MR) is 92.6 cm³/mol. The molecule has 1 amide bonds. The lowest BCUT2D eigenvalue weighted by molar-refractivity contribution is 0.0957. The van der Waals surface area contributed by atoms with Crippen LogP contribution < -0.4 is 14.8 Å². The smallest absolute Gasteiger partial charge is 0.264 e. The van der Waals surface area contributed by atoms with E-state index in [1.165, 1.54) is 0 Å². The highest BCUT2D eigenvalue weighted by atomic mass is 79.9. The van der Waals surface area contributed by atoms with E-state index in [0.29, 0.717) is 35.8 Å². The number of carbonyl (C=O) groups excluding carboxylic acids is 1. The molecule has 2 aromatic rings. The maximum absolute atomic E-state index is 12.1. The number of ether oxygens (including phenoxy) is 2. The fourth-order valence-corrected chi connectivity index (χ4v) is 3.28. The van der Waals surface area contributed by atoms with Gasteiger partial charge in [-0.15, -0.1) is 5.10 Å². The summed E-state index contributed by atoms with van der Waals surface area (Å²) in [6, 6.07) is 3.76. The molecule has 1 heterocycles. The maximum atomic E-state index is 12.1. The molecule has 0 radical (unpaired) electrons. The van der Waals surface area contributed by atoms with E-state index in [-0.39, 0.29) is 5.91 Å². The Bertz CT molecular complexity index is 691. The van der Waals surface area contributed by atoms with E-state index in [0.717, 1.165) is 27.3 Å². The van der Waals surface area contributed by atoms with E-state index in [1.54, 1.807) is 14.2 Å². The molecule has 0 unspecified atom stereocenters. The highest BCUT2D eigenvalue weighted by Gasteiger charge is 2.15. The van der Waals surface area contributed by atoms with Gasteiger partial charge in [0.25, 0.3) is 5.91 Å². The second-order valence-electron chi connectivity index (χ2n) is 4.71. The van der Waals surface area contributed by atoms with E-state index in [1.807, 2.05) is 19.1 Å².